The molecule has 0 unspecified atom stereocenters. The SMILES string of the molecule is CCC(=O)c1cc(Cl)c(C(=O)O)c(-c2c3cc(-c4ccccc4)c(=O)cc-3oc3cc(O)c(Cl)cc23)c1Cl. The zero-order valence-corrected chi connectivity index (χ0v) is 21.9. The molecule has 9 heteroatoms. The van der Waals surface area contributed by atoms with Crippen LogP contribution in [0.5, 0.6) is 5.75 Å². The fourth-order valence-corrected chi connectivity index (χ4v) is 5.30. The molecule has 1 aliphatic carbocycles. The largest absolute Gasteiger partial charge is 0.506 e. The van der Waals surface area contributed by atoms with Crippen LogP contribution in [-0.2, 0) is 0 Å². The molecule has 0 amide bonds. The molecule has 5 rings (SSSR count). The Kier molecular flexibility index (Phi) is 6.65. The van der Waals surface area contributed by atoms with Crippen LogP contribution in [-0.4, -0.2) is 22.0 Å². The lowest BCUT2D eigenvalue weighted by atomic mass is 9.87. The third-order valence-corrected chi connectivity index (χ3v) is 7.27. The molecule has 0 atom stereocenters. The van der Waals surface area contributed by atoms with Crippen LogP contribution < -0.4 is 5.43 Å². The van der Waals surface area contributed by atoms with Crippen molar-refractivity contribution in [1.29, 1.82) is 0 Å². The standard InChI is InChI=1S/C29H17Cl3O6/c1-2-20(33)15-9-19(31)26(29(36)37)27(28(15)32)25-16-8-14(13-6-4-3-5-7-13)21(34)11-23(16)38-24-12-22(35)18(30)10-17(24)25/h3-12,35H,2H2,1H3,(H,36,37). The number of hydrogen-bond donors (Lipinski definition) is 2. The van der Waals surface area contributed by atoms with Crippen LogP contribution in [0.15, 0.2) is 69.9 Å². The molecule has 2 N–H and O–H groups in total. The van der Waals surface area contributed by atoms with Crippen LogP contribution in [0, 0.1) is 0 Å². The number of Topliss-reactive ketones (excluding diaryl/α,β-unsaturated/α-hetero) is 1. The van der Waals surface area contributed by atoms with Crippen LogP contribution in [0.4, 0.5) is 0 Å². The van der Waals surface area contributed by atoms with E-state index in [1.807, 2.05) is 6.07 Å². The zero-order chi connectivity index (χ0) is 27.3. The van der Waals surface area contributed by atoms with Gasteiger partial charge in [-0.1, -0.05) is 72.1 Å². The monoisotopic (exact) mass is 566 g/mol. The summed E-state index contributed by atoms with van der Waals surface area (Å²) in [7, 11) is 0. The van der Waals surface area contributed by atoms with Gasteiger partial charge in [0.05, 0.1) is 20.6 Å². The van der Waals surface area contributed by atoms with Crippen molar-refractivity contribution in [3.8, 4) is 39.3 Å². The van der Waals surface area contributed by atoms with Gasteiger partial charge in [-0.25, -0.2) is 4.79 Å². The Hall–Kier alpha value is -3.84. The summed E-state index contributed by atoms with van der Waals surface area (Å²) >= 11 is 19.5. The number of carboxylic acids is 1. The number of benzene rings is 4. The molecule has 0 spiro atoms. The van der Waals surface area contributed by atoms with Crippen LogP contribution >= 0.6 is 34.8 Å². The summed E-state index contributed by atoms with van der Waals surface area (Å²) in [5, 5.41) is 20.4. The number of fused-ring (bicyclic) bond motifs is 2. The third kappa shape index (κ3) is 4.21. The molecule has 0 saturated carbocycles. The number of carbonyl (C=O) groups is 2. The molecule has 0 bridgehead atoms. The first-order valence-corrected chi connectivity index (χ1v) is 12.5. The van der Waals surface area contributed by atoms with Crippen LogP contribution in [0.25, 0.3) is 44.5 Å². The summed E-state index contributed by atoms with van der Waals surface area (Å²) in [6.45, 7) is 1.65. The Morgan fingerprint density at radius 2 is 1.61 bits per heavy atom. The Labute approximate surface area is 231 Å². The smallest absolute Gasteiger partial charge is 0.337 e. The number of phenolic OH excluding ortho intramolecular Hbond substituents is 1. The third-order valence-electron chi connectivity index (χ3n) is 6.28. The first kappa shape index (κ1) is 25.8. The van der Waals surface area contributed by atoms with E-state index >= 15 is 0 Å². The van der Waals surface area contributed by atoms with E-state index in [1.54, 1.807) is 37.3 Å². The van der Waals surface area contributed by atoms with Gasteiger partial charge in [0, 0.05) is 51.8 Å². The van der Waals surface area contributed by atoms with E-state index in [9.17, 15) is 24.6 Å². The fraction of sp³-hybridized carbons (Fsp3) is 0.0690. The number of halogens is 3. The van der Waals surface area contributed by atoms with Crippen molar-refractivity contribution in [1.82, 2.24) is 0 Å². The van der Waals surface area contributed by atoms with Crippen molar-refractivity contribution in [2.24, 2.45) is 0 Å². The maximum Gasteiger partial charge on any atom is 0.337 e. The van der Waals surface area contributed by atoms with Crippen LogP contribution in [0.2, 0.25) is 15.1 Å². The number of carbonyl (C=O) groups excluding carboxylic acids is 1. The molecule has 0 radical (unpaired) electrons. The molecular weight excluding hydrogens is 551 g/mol. The highest BCUT2D eigenvalue weighted by molar-refractivity contribution is 6.41. The topological polar surface area (TPSA) is 105 Å². The zero-order valence-electron chi connectivity index (χ0n) is 19.6. The van der Waals surface area contributed by atoms with Gasteiger partial charge in [0.2, 0.25) is 0 Å². The minimum atomic E-state index is -1.38. The number of aromatic hydroxyl groups is 1. The van der Waals surface area contributed by atoms with Gasteiger partial charge in [-0.3, -0.25) is 9.59 Å². The number of carboxylic acid groups (broad SMARTS) is 1. The predicted molar refractivity (Wildman–Crippen MR) is 148 cm³/mol. The number of rotatable bonds is 5. The fourth-order valence-electron chi connectivity index (χ4n) is 4.50. The van der Waals surface area contributed by atoms with Gasteiger partial charge in [-0.05, 0) is 23.8 Å². The molecule has 6 nitrogen and oxygen atoms in total. The predicted octanol–water partition coefficient (Wildman–Crippen LogP) is 8.19. The maximum absolute atomic E-state index is 13.1. The van der Waals surface area contributed by atoms with Gasteiger partial charge in [0.25, 0.3) is 0 Å². The highest BCUT2D eigenvalue weighted by atomic mass is 35.5. The Morgan fingerprint density at radius 1 is 0.895 bits per heavy atom. The highest BCUT2D eigenvalue weighted by Crippen LogP contribution is 2.48. The average Bonchev–Trinajstić information content (AvgIpc) is 2.89. The second-order valence-electron chi connectivity index (χ2n) is 8.54. The van der Waals surface area contributed by atoms with Crippen LogP contribution in [0.3, 0.4) is 0 Å². The lowest BCUT2D eigenvalue weighted by Gasteiger charge is -2.21. The number of ketones is 1. The second-order valence-corrected chi connectivity index (χ2v) is 9.73. The molecule has 3 aromatic carbocycles. The van der Waals surface area contributed by atoms with E-state index in [0.717, 1.165) is 0 Å². The molecule has 38 heavy (non-hydrogen) atoms. The van der Waals surface area contributed by atoms with E-state index in [2.05, 4.69) is 0 Å². The van der Waals surface area contributed by atoms with E-state index < -0.39 is 5.97 Å². The summed E-state index contributed by atoms with van der Waals surface area (Å²) in [5.41, 5.74) is 0.976. The van der Waals surface area contributed by atoms with Gasteiger partial charge < -0.3 is 14.6 Å². The van der Waals surface area contributed by atoms with Crippen molar-refractivity contribution in [2.45, 2.75) is 13.3 Å². The summed E-state index contributed by atoms with van der Waals surface area (Å²) in [4.78, 5) is 38.3. The molecule has 0 aromatic heterocycles. The van der Waals surface area contributed by atoms with Gasteiger partial charge in [0.15, 0.2) is 11.2 Å². The van der Waals surface area contributed by atoms with E-state index in [-0.39, 0.29) is 72.0 Å². The normalized spacial score (nSPS) is 11.3. The Balaban J connectivity index is 2.05. The van der Waals surface area contributed by atoms with Gasteiger partial charge in [-0.15, -0.1) is 0 Å². The van der Waals surface area contributed by atoms with Crippen molar-refractivity contribution >= 4 is 57.5 Å². The summed E-state index contributed by atoms with van der Waals surface area (Å²) < 4.78 is 5.98. The Morgan fingerprint density at radius 3 is 2.26 bits per heavy atom. The maximum atomic E-state index is 13.1. The highest BCUT2D eigenvalue weighted by Gasteiger charge is 2.30. The molecule has 2 aliphatic rings. The number of phenols is 1. The minimum Gasteiger partial charge on any atom is -0.506 e. The average molecular weight is 568 g/mol. The van der Waals surface area contributed by atoms with E-state index in [1.165, 1.54) is 24.3 Å². The van der Waals surface area contributed by atoms with Gasteiger partial charge >= 0.3 is 5.97 Å². The quantitative estimate of drug-likeness (QED) is 0.164. The summed E-state index contributed by atoms with van der Waals surface area (Å²) in [5.74, 6) is -1.89. The minimum absolute atomic E-state index is 0.0306. The van der Waals surface area contributed by atoms with E-state index in [0.29, 0.717) is 22.1 Å². The molecule has 0 saturated heterocycles. The molecule has 1 aliphatic heterocycles. The van der Waals surface area contributed by atoms with Crippen molar-refractivity contribution in [3.05, 3.63) is 97.1 Å². The van der Waals surface area contributed by atoms with Crippen molar-refractivity contribution in [2.75, 3.05) is 0 Å². The molecule has 0 fully saturated rings. The van der Waals surface area contributed by atoms with Gasteiger partial charge in [-0.2, -0.15) is 0 Å². The summed E-state index contributed by atoms with van der Waals surface area (Å²) in [6.07, 6.45) is 0.102. The Bertz CT molecular complexity index is 1810. The number of hydrogen-bond acceptors (Lipinski definition) is 5. The molecular formula is C29H17Cl3O6. The number of aromatic carboxylic acids is 1. The van der Waals surface area contributed by atoms with Gasteiger partial charge in [0.1, 0.15) is 17.1 Å². The van der Waals surface area contributed by atoms with E-state index in [4.69, 9.17) is 39.2 Å². The van der Waals surface area contributed by atoms with Crippen molar-refractivity contribution in [3.63, 3.8) is 0 Å². The van der Waals surface area contributed by atoms with Crippen molar-refractivity contribution < 1.29 is 24.2 Å². The molecule has 1 heterocycles. The van der Waals surface area contributed by atoms with Crippen LogP contribution in [0.1, 0.15) is 34.1 Å². The molecule has 3 aromatic rings. The summed E-state index contributed by atoms with van der Waals surface area (Å²) in [6, 6.07) is 15.7. The second kappa shape index (κ2) is 9.80. The first-order valence-electron chi connectivity index (χ1n) is 11.4. The molecule has 190 valence electrons. The lowest BCUT2D eigenvalue weighted by Crippen LogP contribution is -2.09. The first-order chi connectivity index (χ1) is 18.1. The lowest BCUT2D eigenvalue weighted by molar-refractivity contribution is 0.0697.